The van der Waals surface area contributed by atoms with Crippen molar-refractivity contribution in [3.8, 4) is 0 Å². The lowest BCUT2D eigenvalue weighted by atomic mass is 9.97. The lowest BCUT2D eigenvalue weighted by Gasteiger charge is -2.24. The van der Waals surface area contributed by atoms with Crippen LogP contribution in [0.15, 0.2) is 48.5 Å². The molecule has 6 heteroatoms. The van der Waals surface area contributed by atoms with Gasteiger partial charge < -0.3 is 20.7 Å². The molecule has 0 radical (unpaired) electrons. The molecule has 0 aromatic heterocycles. The van der Waals surface area contributed by atoms with Crippen molar-refractivity contribution in [1.82, 2.24) is 10.2 Å². The maximum absolute atomic E-state index is 12.3. The van der Waals surface area contributed by atoms with Gasteiger partial charge in [-0.1, -0.05) is 36.4 Å². The number of benzene rings is 2. The highest BCUT2D eigenvalue weighted by molar-refractivity contribution is 5.94. The Morgan fingerprint density at radius 2 is 1.92 bits per heavy atom. The Labute approximate surface area is 152 Å². The zero-order valence-corrected chi connectivity index (χ0v) is 14.9. The van der Waals surface area contributed by atoms with E-state index >= 15 is 0 Å². The van der Waals surface area contributed by atoms with E-state index < -0.39 is 6.03 Å². The van der Waals surface area contributed by atoms with E-state index in [1.807, 2.05) is 43.3 Å². The molecule has 3 N–H and O–H groups in total. The minimum atomic E-state index is -0.457. The number of primary amides is 1. The first-order valence-corrected chi connectivity index (χ1v) is 8.55. The van der Waals surface area contributed by atoms with Crippen LogP contribution in [0, 0.1) is 0 Å². The van der Waals surface area contributed by atoms with Crippen LogP contribution in [0.3, 0.4) is 0 Å². The second kappa shape index (κ2) is 7.58. The molecular weight excluding hydrogens is 330 g/mol. The second-order valence-electron chi connectivity index (χ2n) is 6.52. The van der Waals surface area contributed by atoms with Crippen LogP contribution in [0.25, 0.3) is 0 Å². The molecule has 1 heterocycles. The quantitative estimate of drug-likeness (QED) is 0.866. The molecule has 136 valence electrons. The number of ether oxygens (including phenoxy) is 1. The number of carbonyl (C=O) groups is 2. The van der Waals surface area contributed by atoms with Crippen LogP contribution in [0.1, 0.15) is 40.0 Å². The molecule has 2 aromatic rings. The molecule has 26 heavy (non-hydrogen) atoms. The number of nitrogens with zero attached hydrogens (tertiary/aromatic N) is 1. The number of rotatable bonds is 5. The number of hydrogen-bond acceptors (Lipinski definition) is 3. The van der Waals surface area contributed by atoms with Gasteiger partial charge in [-0.25, -0.2) is 4.79 Å². The third-order valence-corrected chi connectivity index (χ3v) is 4.57. The van der Waals surface area contributed by atoms with Crippen molar-refractivity contribution in [2.75, 3.05) is 13.7 Å². The van der Waals surface area contributed by atoms with Crippen LogP contribution in [-0.4, -0.2) is 36.6 Å². The molecule has 0 saturated carbocycles. The topological polar surface area (TPSA) is 84.7 Å². The Bertz CT molecular complexity index is 804. The first-order chi connectivity index (χ1) is 12.5. The molecule has 0 spiro atoms. The van der Waals surface area contributed by atoms with Gasteiger partial charge in [-0.2, -0.15) is 0 Å². The van der Waals surface area contributed by atoms with Gasteiger partial charge in [0.1, 0.15) is 0 Å². The molecule has 2 atom stereocenters. The van der Waals surface area contributed by atoms with Crippen LogP contribution in [0.4, 0.5) is 4.79 Å². The summed E-state index contributed by atoms with van der Waals surface area (Å²) in [5.41, 5.74) is 9.22. The molecular formula is C20H23N3O3. The molecule has 2 unspecified atom stereocenters. The predicted molar refractivity (Wildman–Crippen MR) is 98.7 cm³/mol. The SMILES string of the molecule is COCC(C)NC(=O)c1ccc(C2c3ccccc3CN2C(N)=O)cc1. The van der Waals surface area contributed by atoms with Crippen molar-refractivity contribution in [1.29, 1.82) is 0 Å². The normalized spacial score (nSPS) is 16.8. The van der Waals surface area contributed by atoms with Gasteiger partial charge in [-0.15, -0.1) is 0 Å². The van der Waals surface area contributed by atoms with Gasteiger partial charge in [-0.05, 0) is 35.7 Å². The first kappa shape index (κ1) is 17.9. The molecule has 0 saturated heterocycles. The number of hydrogen-bond donors (Lipinski definition) is 2. The first-order valence-electron chi connectivity index (χ1n) is 8.55. The summed E-state index contributed by atoms with van der Waals surface area (Å²) < 4.78 is 5.03. The zero-order valence-electron chi connectivity index (χ0n) is 14.9. The highest BCUT2D eigenvalue weighted by Crippen LogP contribution is 2.38. The van der Waals surface area contributed by atoms with Crippen molar-refractivity contribution < 1.29 is 14.3 Å². The Balaban J connectivity index is 1.83. The average molecular weight is 353 g/mol. The second-order valence-corrected chi connectivity index (χ2v) is 6.52. The maximum atomic E-state index is 12.3. The van der Waals surface area contributed by atoms with Gasteiger partial charge in [0, 0.05) is 25.3 Å². The van der Waals surface area contributed by atoms with Crippen LogP contribution >= 0.6 is 0 Å². The van der Waals surface area contributed by atoms with Gasteiger partial charge >= 0.3 is 6.03 Å². The summed E-state index contributed by atoms with van der Waals surface area (Å²) in [5, 5.41) is 2.88. The molecule has 0 fully saturated rings. The maximum Gasteiger partial charge on any atom is 0.315 e. The number of urea groups is 1. The minimum Gasteiger partial charge on any atom is -0.383 e. The number of fused-ring (bicyclic) bond motifs is 1. The van der Waals surface area contributed by atoms with E-state index in [0.29, 0.717) is 18.7 Å². The molecule has 3 rings (SSSR count). The Morgan fingerprint density at radius 1 is 1.23 bits per heavy atom. The van der Waals surface area contributed by atoms with Crippen molar-refractivity contribution in [2.45, 2.75) is 25.6 Å². The number of methoxy groups -OCH3 is 1. The highest BCUT2D eigenvalue weighted by Gasteiger charge is 2.33. The lowest BCUT2D eigenvalue weighted by Crippen LogP contribution is -2.36. The summed E-state index contributed by atoms with van der Waals surface area (Å²) in [6.07, 6.45) is 0. The average Bonchev–Trinajstić information content (AvgIpc) is 3.02. The van der Waals surface area contributed by atoms with E-state index in [0.717, 1.165) is 16.7 Å². The van der Waals surface area contributed by atoms with Crippen molar-refractivity contribution in [3.63, 3.8) is 0 Å². The molecule has 1 aliphatic heterocycles. The number of nitrogens with two attached hydrogens (primary N) is 1. The summed E-state index contributed by atoms with van der Waals surface area (Å²) >= 11 is 0. The molecule has 0 bridgehead atoms. The van der Waals surface area contributed by atoms with Crippen LogP contribution in [0.5, 0.6) is 0 Å². The minimum absolute atomic E-state index is 0.0701. The highest BCUT2D eigenvalue weighted by atomic mass is 16.5. The summed E-state index contributed by atoms with van der Waals surface area (Å²) in [7, 11) is 1.60. The van der Waals surface area contributed by atoms with Crippen LogP contribution < -0.4 is 11.1 Å². The van der Waals surface area contributed by atoms with Gasteiger partial charge in [0.25, 0.3) is 5.91 Å². The Morgan fingerprint density at radius 3 is 2.58 bits per heavy atom. The number of carbonyl (C=O) groups excluding carboxylic acids is 2. The zero-order chi connectivity index (χ0) is 18.7. The fourth-order valence-corrected chi connectivity index (χ4v) is 3.37. The third kappa shape index (κ3) is 3.55. The van der Waals surface area contributed by atoms with E-state index in [9.17, 15) is 9.59 Å². The van der Waals surface area contributed by atoms with Gasteiger partial charge in [0.15, 0.2) is 0 Å². The fourth-order valence-electron chi connectivity index (χ4n) is 3.37. The van der Waals surface area contributed by atoms with E-state index in [4.69, 9.17) is 10.5 Å². The smallest absolute Gasteiger partial charge is 0.315 e. The largest absolute Gasteiger partial charge is 0.383 e. The van der Waals surface area contributed by atoms with Crippen molar-refractivity contribution in [2.24, 2.45) is 5.73 Å². The van der Waals surface area contributed by atoms with Crippen molar-refractivity contribution in [3.05, 3.63) is 70.8 Å². The molecule has 0 aliphatic carbocycles. The van der Waals surface area contributed by atoms with Gasteiger partial charge in [0.05, 0.1) is 12.6 Å². The Hall–Kier alpha value is -2.86. The van der Waals surface area contributed by atoms with E-state index in [2.05, 4.69) is 5.32 Å². The predicted octanol–water partition coefficient (Wildman–Crippen LogP) is 2.44. The van der Waals surface area contributed by atoms with Crippen molar-refractivity contribution >= 4 is 11.9 Å². The van der Waals surface area contributed by atoms with E-state index in [1.54, 1.807) is 24.1 Å². The number of amides is 3. The summed E-state index contributed by atoms with van der Waals surface area (Å²) in [6, 6.07) is 14.4. The Kier molecular flexibility index (Phi) is 5.23. The summed E-state index contributed by atoms with van der Waals surface area (Å²) in [4.78, 5) is 25.8. The third-order valence-electron chi connectivity index (χ3n) is 4.57. The van der Waals surface area contributed by atoms with Crippen LogP contribution in [-0.2, 0) is 11.3 Å². The summed E-state index contributed by atoms with van der Waals surface area (Å²) in [5.74, 6) is -0.153. The summed E-state index contributed by atoms with van der Waals surface area (Å²) in [6.45, 7) is 2.83. The van der Waals surface area contributed by atoms with Crippen LogP contribution in [0.2, 0.25) is 0 Å². The lowest BCUT2D eigenvalue weighted by molar-refractivity contribution is 0.0905. The monoisotopic (exact) mass is 353 g/mol. The molecule has 1 aliphatic rings. The molecule has 2 aromatic carbocycles. The van der Waals surface area contributed by atoms with Gasteiger partial charge in [0.2, 0.25) is 0 Å². The molecule has 3 amide bonds. The molecule has 6 nitrogen and oxygen atoms in total. The fraction of sp³-hybridized carbons (Fsp3) is 0.300. The van der Waals surface area contributed by atoms with E-state index in [-0.39, 0.29) is 18.0 Å². The standard InChI is InChI=1S/C20H23N3O3/c1-13(12-26-2)22-19(24)15-9-7-14(8-10-15)18-17-6-4-3-5-16(17)11-23(18)20(21)25/h3-10,13,18H,11-12H2,1-2H3,(H2,21,25)(H,22,24). The number of nitrogens with one attached hydrogen (secondary N) is 1. The van der Waals surface area contributed by atoms with Gasteiger partial charge in [-0.3, -0.25) is 4.79 Å². The van der Waals surface area contributed by atoms with E-state index in [1.165, 1.54) is 0 Å².